The maximum Gasteiger partial charge on any atom is 0.167 e. The number of aliphatic hydroxyl groups excluding tert-OH is 2. The van der Waals surface area contributed by atoms with Gasteiger partial charge in [-0.3, -0.25) is 0 Å². The predicted octanol–water partition coefficient (Wildman–Crippen LogP) is -0.328. The fraction of sp³-hybridized carbons (Fsp3) is 0.444. The lowest BCUT2D eigenvalue weighted by Crippen LogP contribution is -2.44. The van der Waals surface area contributed by atoms with Crippen LogP contribution in [0.25, 0.3) is 28.6 Å². The van der Waals surface area contributed by atoms with Gasteiger partial charge in [0.05, 0.1) is 12.0 Å². The average molecular weight is 373 g/mol. The Balaban J connectivity index is 2.05. The lowest BCUT2D eigenvalue weighted by molar-refractivity contribution is -0.0947. The van der Waals surface area contributed by atoms with E-state index < -0.39 is 30.6 Å². The summed E-state index contributed by atoms with van der Waals surface area (Å²) in [5.74, 6) is 0. The number of nitrogens with zero attached hydrogens (tertiary/aromatic N) is 4. The van der Waals surface area contributed by atoms with Crippen molar-refractivity contribution in [3.05, 3.63) is 23.9 Å². The van der Waals surface area contributed by atoms with Gasteiger partial charge in [-0.2, -0.15) is 0 Å². The highest BCUT2D eigenvalue weighted by Crippen LogP contribution is 2.41. The van der Waals surface area contributed by atoms with Gasteiger partial charge in [0.25, 0.3) is 0 Å². The summed E-state index contributed by atoms with van der Waals surface area (Å²) in [4.78, 5) is 13.8. The zero-order chi connectivity index (χ0) is 19.5. The van der Waals surface area contributed by atoms with E-state index in [1.54, 1.807) is 4.57 Å². The molecule has 3 aromatic heterocycles. The molecule has 1 fully saturated rings. The third kappa shape index (κ3) is 2.54. The second kappa shape index (κ2) is 6.03. The second-order valence-electron chi connectivity index (χ2n) is 7.33. The summed E-state index contributed by atoms with van der Waals surface area (Å²) in [6.45, 7) is 5.09. The summed E-state index contributed by atoms with van der Waals surface area (Å²) in [5, 5.41) is 33.0. The Hall–Kier alpha value is -2.46. The normalized spacial score (nSPS) is 28.3. The Bertz CT molecular complexity index is 1070. The zero-order valence-electron chi connectivity index (χ0n) is 15.4. The molecule has 1 aliphatic rings. The fourth-order valence-corrected chi connectivity index (χ4v) is 3.74. The van der Waals surface area contributed by atoms with Crippen LogP contribution in [-0.4, -0.2) is 73.3 Å². The standard InChI is InChI=1S/C18H23N5O4/c1-9-5-11(22(3)4)10-6-23(16-13(10)15(21-9)19-8-20-16)17-18(2,26)14(25)12(7-24)27-17/h5-6,8,12,14,17,24-26H,1,7H2,2-4H3,(H,19,20,21)/t12-,14-,17-,18-/m1/s1. The Morgan fingerprint density at radius 3 is 2.78 bits per heavy atom. The molecule has 27 heavy (non-hydrogen) atoms. The van der Waals surface area contributed by atoms with E-state index in [0.717, 1.165) is 16.5 Å². The van der Waals surface area contributed by atoms with Crippen LogP contribution in [0.2, 0.25) is 0 Å². The highest BCUT2D eigenvalue weighted by atomic mass is 16.6. The molecule has 0 radical (unpaired) electrons. The van der Waals surface area contributed by atoms with Crippen LogP contribution in [-0.2, 0) is 4.74 Å². The van der Waals surface area contributed by atoms with Gasteiger partial charge in [0.15, 0.2) is 6.23 Å². The molecule has 0 aliphatic carbocycles. The van der Waals surface area contributed by atoms with Crippen molar-refractivity contribution in [2.75, 3.05) is 25.6 Å². The first-order chi connectivity index (χ1) is 12.8. The van der Waals surface area contributed by atoms with Crippen molar-refractivity contribution in [1.29, 1.82) is 0 Å². The van der Waals surface area contributed by atoms with Gasteiger partial charge in [-0.25, -0.2) is 9.97 Å². The monoisotopic (exact) mass is 373 g/mol. The summed E-state index contributed by atoms with van der Waals surface area (Å²) in [6, 6.07) is 1.90. The number of hydrogen-bond donors (Lipinski definition) is 4. The molecule has 0 spiro atoms. The lowest BCUT2D eigenvalue weighted by atomic mass is 9.96. The zero-order valence-corrected chi connectivity index (χ0v) is 15.4. The number of nitrogens with one attached hydrogen (secondary N) is 1. The first-order valence-corrected chi connectivity index (χ1v) is 8.63. The van der Waals surface area contributed by atoms with Crippen LogP contribution in [0, 0.1) is 0 Å². The SMILES string of the molecule is C=c1cc(N(C)C)c2cn([C@@H]3O[C@H](CO)[C@@H](O)[C@@]3(C)O)c3ncnc([nH]1)c23. The van der Waals surface area contributed by atoms with Crippen LogP contribution in [0.5, 0.6) is 0 Å². The largest absolute Gasteiger partial charge is 0.394 e. The number of aliphatic hydroxyl groups is 3. The first kappa shape index (κ1) is 17.9. The van der Waals surface area contributed by atoms with Crippen molar-refractivity contribution >= 4 is 34.3 Å². The van der Waals surface area contributed by atoms with Crippen LogP contribution in [0.3, 0.4) is 0 Å². The van der Waals surface area contributed by atoms with Crippen LogP contribution >= 0.6 is 0 Å². The summed E-state index contributed by atoms with van der Waals surface area (Å²) in [6.07, 6.45) is 0.198. The molecule has 144 valence electrons. The molecule has 0 amide bonds. The van der Waals surface area contributed by atoms with Crippen LogP contribution in [0.4, 0.5) is 5.69 Å². The number of aromatic nitrogens is 4. The molecule has 9 heteroatoms. The molecule has 0 bridgehead atoms. The lowest BCUT2D eigenvalue weighted by Gasteiger charge is -2.27. The van der Waals surface area contributed by atoms with Crippen LogP contribution < -0.4 is 10.2 Å². The van der Waals surface area contributed by atoms with Gasteiger partial charge in [-0.1, -0.05) is 6.58 Å². The Kier molecular flexibility index (Phi) is 4.00. The third-order valence-corrected chi connectivity index (χ3v) is 5.14. The van der Waals surface area contributed by atoms with E-state index in [4.69, 9.17) is 4.74 Å². The quantitative estimate of drug-likeness (QED) is 0.496. The molecule has 4 atom stereocenters. The fourth-order valence-electron chi connectivity index (χ4n) is 3.74. The molecule has 4 N–H and O–H groups in total. The van der Waals surface area contributed by atoms with E-state index in [1.807, 2.05) is 31.3 Å². The topological polar surface area (TPSA) is 120 Å². The van der Waals surface area contributed by atoms with E-state index in [-0.39, 0.29) is 0 Å². The molecule has 0 unspecified atom stereocenters. The average Bonchev–Trinajstić information content (AvgIpc) is 3.03. The molecule has 9 nitrogen and oxygen atoms in total. The highest BCUT2D eigenvalue weighted by Gasteiger charge is 2.53. The van der Waals surface area contributed by atoms with E-state index >= 15 is 0 Å². The molecule has 0 aromatic carbocycles. The Morgan fingerprint density at radius 1 is 1.41 bits per heavy atom. The molecule has 1 saturated heterocycles. The van der Waals surface area contributed by atoms with Gasteiger partial charge in [0.1, 0.15) is 35.4 Å². The van der Waals surface area contributed by atoms with Crippen molar-refractivity contribution in [2.45, 2.75) is 31.0 Å². The summed E-state index contributed by atoms with van der Waals surface area (Å²) in [7, 11) is 3.84. The van der Waals surface area contributed by atoms with E-state index in [9.17, 15) is 15.3 Å². The van der Waals surface area contributed by atoms with Gasteiger partial charge in [0, 0.05) is 36.7 Å². The highest BCUT2D eigenvalue weighted by molar-refractivity contribution is 6.09. The van der Waals surface area contributed by atoms with Crippen molar-refractivity contribution in [2.24, 2.45) is 0 Å². The Morgan fingerprint density at radius 2 is 2.15 bits per heavy atom. The number of H-pyrrole nitrogens is 1. The summed E-state index contributed by atoms with van der Waals surface area (Å²) >= 11 is 0. The van der Waals surface area contributed by atoms with Crippen molar-refractivity contribution in [1.82, 2.24) is 19.5 Å². The molecule has 4 rings (SSSR count). The van der Waals surface area contributed by atoms with Gasteiger partial charge in [-0.15, -0.1) is 0 Å². The molecule has 1 aliphatic heterocycles. The van der Waals surface area contributed by atoms with E-state index in [0.29, 0.717) is 16.6 Å². The van der Waals surface area contributed by atoms with Crippen molar-refractivity contribution < 1.29 is 20.1 Å². The number of anilines is 1. The molecule has 3 aromatic rings. The van der Waals surface area contributed by atoms with Crippen LogP contribution in [0.1, 0.15) is 13.2 Å². The number of ether oxygens (including phenoxy) is 1. The number of aromatic amines is 1. The second-order valence-corrected chi connectivity index (χ2v) is 7.33. The van der Waals surface area contributed by atoms with Gasteiger partial charge in [-0.05, 0) is 13.0 Å². The minimum Gasteiger partial charge on any atom is -0.394 e. The van der Waals surface area contributed by atoms with Gasteiger partial charge in [0.2, 0.25) is 0 Å². The maximum atomic E-state index is 10.9. The van der Waals surface area contributed by atoms with E-state index in [1.165, 1.54) is 13.3 Å². The first-order valence-electron chi connectivity index (χ1n) is 8.63. The third-order valence-electron chi connectivity index (χ3n) is 5.14. The molecular formula is C18H23N5O4. The molecule has 0 saturated carbocycles. The van der Waals surface area contributed by atoms with E-state index in [2.05, 4.69) is 21.5 Å². The minimum atomic E-state index is -1.61. The van der Waals surface area contributed by atoms with Gasteiger partial charge >= 0.3 is 0 Å². The van der Waals surface area contributed by atoms with Gasteiger partial charge < -0.3 is 34.5 Å². The number of rotatable bonds is 3. The summed E-state index contributed by atoms with van der Waals surface area (Å²) in [5.41, 5.74) is 0.427. The minimum absolute atomic E-state index is 0.398. The van der Waals surface area contributed by atoms with Crippen LogP contribution in [0.15, 0.2) is 18.6 Å². The summed E-state index contributed by atoms with van der Waals surface area (Å²) < 4.78 is 7.46. The number of hydrogen-bond acceptors (Lipinski definition) is 7. The molecule has 4 heterocycles. The van der Waals surface area contributed by atoms with Crippen molar-refractivity contribution in [3.8, 4) is 0 Å². The molecular weight excluding hydrogens is 350 g/mol. The van der Waals surface area contributed by atoms with Crippen molar-refractivity contribution in [3.63, 3.8) is 0 Å². The Labute approximate surface area is 155 Å². The predicted molar refractivity (Wildman–Crippen MR) is 101 cm³/mol. The smallest absolute Gasteiger partial charge is 0.167 e. The maximum absolute atomic E-state index is 10.9.